The number of hydrogen-bond acceptors (Lipinski definition) is 5. The maximum absolute atomic E-state index is 12.5. The molecular weight excluding hydrogens is 386 g/mol. The van der Waals surface area contributed by atoms with Gasteiger partial charge in [-0.1, -0.05) is 60.7 Å². The van der Waals surface area contributed by atoms with Gasteiger partial charge in [-0.2, -0.15) is 0 Å². The Balaban J connectivity index is 2.09. The normalized spacial score (nSPS) is 11.1. The van der Waals surface area contributed by atoms with Gasteiger partial charge in [0.15, 0.2) is 9.84 Å². The summed E-state index contributed by atoms with van der Waals surface area (Å²) in [6.07, 6.45) is 1.15. The molecule has 0 spiro atoms. The Kier molecular flexibility index (Phi) is 6.34. The van der Waals surface area contributed by atoms with Crippen molar-refractivity contribution in [1.29, 1.82) is 0 Å². The van der Waals surface area contributed by atoms with Crippen molar-refractivity contribution in [2.75, 3.05) is 18.3 Å². The van der Waals surface area contributed by atoms with Gasteiger partial charge in [0.25, 0.3) is 0 Å². The zero-order chi connectivity index (χ0) is 20.9. The number of rotatable bonds is 7. The lowest BCUT2D eigenvalue weighted by Gasteiger charge is -2.27. The van der Waals surface area contributed by atoms with E-state index in [0.717, 1.165) is 17.4 Å². The van der Waals surface area contributed by atoms with Crippen LogP contribution in [-0.4, -0.2) is 27.8 Å². The minimum Gasteiger partial charge on any atom is -0.465 e. The molecule has 0 aliphatic heterocycles. The first-order valence-electron chi connectivity index (χ1n) is 9.13. The van der Waals surface area contributed by atoms with Gasteiger partial charge in [0.05, 0.1) is 23.3 Å². The lowest BCUT2D eigenvalue weighted by atomic mass is 10.1. The molecule has 150 valence electrons. The molecule has 0 atom stereocenters. The standard InChI is InChI=1S/C23H23NO4S/c1-28-23(25)20-13-14-21(22(15-20)29(2,26)27)24(16-18-9-5-3-6-10-18)17-19-11-7-4-8-12-19/h3-15H,16-17H2,1-2H3. The molecule has 0 unspecified atom stereocenters. The van der Waals surface area contributed by atoms with Gasteiger partial charge in [-0.15, -0.1) is 0 Å². The zero-order valence-electron chi connectivity index (χ0n) is 16.4. The average Bonchev–Trinajstić information content (AvgIpc) is 2.73. The minimum absolute atomic E-state index is 0.104. The van der Waals surface area contributed by atoms with E-state index in [9.17, 15) is 13.2 Å². The van der Waals surface area contributed by atoms with E-state index < -0.39 is 15.8 Å². The van der Waals surface area contributed by atoms with Crippen molar-refractivity contribution >= 4 is 21.5 Å². The first-order valence-corrected chi connectivity index (χ1v) is 11.0. The predicted molar refractivity (Wildman–Crippen MR) is 114 cm³/mol. The first kappa shape index (κ1) is 20.6. The number of sulfone groups is 1. The Bertz CT molecular complexity index is 1040. The molecule has 5 nitrogen and oxygen atoms in total. The molecular formula is C23H23NO4S. The summed E-state index contributed by atoms with van der Waals surface area (Å²) in [5, 5.41) is 0. The van der Waals surface area contributed by atoms with Crippen LogP contribution in [0.1, 0.15) is 21.5 Å². The quantitative estimate of drug-likeness (QED) is 0.550. The summed E-state index contributed by atoms with van der Waals surface area (Å²) in [7, 11) is -2.31. The van der Waals surface area contributed by atoms with Crippen LogP contribution in [0.5, 0.6) is 0 Å². The Morgan fingerprint density at radius 3 is 1.83 bits per heavy atom. The Morgan fingerprint density at radius 2 is 1.38 bits per heavy atom. The molecule has 3 rings (SSSR count). The van der Waals surface area contributed by atoms with Crippen molar-refractivity contribution in [1.82, 2.24) is 0 Å². The fourth-order valence-corrected chi connectivity index (χ4v) is 4.07. The van der Waals surface area contributed by atoms with Crippen molar-refractivity contribution in [2.24, 2.45) is 0 Å². The van der Waals surface area contributed by atoms with Gasteiger partial charge in [-0.25, -0.2) is 13.2 Å². The molecule has 3 aromatic carbocycles. The number of benzene rings is 3. The van der Waals surface area contributed by atoms with Crippen molar-refractivity contribution in [2.45, 2.75) is 18.0 Å². The van der Waals surface area contributed by atoms with Crippen molar-refractivity contribution in [3.8, 4) is 0 Å². The molecule has 3 aromatic rings. The summed E-state index contributed by atoms with van der Waals surface area (Å²) in [6, 6.07) is 24.4. The third kappa shape index (κ3) is 5.23. The molecule has 0 aliphatic carbocycles. The molecule has 29 heavy (non-hydrogen) atoms. The van der Waals surface area contributed by atoms with Crippen LogP contribution in [0.2, 0.25) is 0 Å². The summed E-state index contributed by atoms with van der Waals surface area (Å²) in [5.41, 5.74) is 2.86. The van der Waals surface area contributed by atoms with Crippen LogP contribution < -0.4 is 4.90 Å². The van der Waals surface area contributed by atoms with Crippen LogP contribution in [0.4, 0.5) is 5.69 Å². The van der Waals surface area contributed by atoms with E-state index in [1.54, 1.807) is 12.1 Å². The third-order valence-electron chi connectivity index (χ3n) is 4.55. The smallest absolute Gasteiger partial charge is 0.337 e. The van der Waals surface area contributed by atoms with E-state index in [2.05, 4.69) is 0 Å². The number of nitrogens with zero attached hydrogens (tertiary/aromatic N) is 1. The summed E-state index contributed by atoms with van der Waals surface area (Å²) in [4.78, 5) is 14.0. The second-order valence-electron chi connectivity index (χ2n) is 6.77. The van der Waals surface area contributed by atoms with Gasteiger partial charge in [0.2, 0.25) is 0 Å². The average molecular weight is 410 g/mol. The highest BCUT2D eigenvalue weighted by molar-refractivity contribution is 7.90. The highest BCUT2D eigenvalue weighted by Gasteiger charge is 2.21. The van der Waals surface area contributed by atoms with Crippen LogP contribution in [0.15, 0.2) is 83.8 Å². The second kappa shape index (κ2) is 8.92. The summed E-state index contributed by atoms with van der Waals surface area (Å²) >= 11 is 0. The van der Waals surface area contributed by atoms with Gasteiger partial charge >= 0.3 is 5.97 Å². The fourth-order valence-electron chi connectivity index (χ4n) is 3.15. The lowest BCUT2D eigenvalue weighted by Crippen LogP contribution is -2.24. The lowest BCUT2D eigenvalue weighted by molar-refractivity contribution is 0.0600. The van der Waals surface area contributed by atoms with Gasteiger partial charge < -0.3 is 9.64 Å². The van der Waals surface area contributed by atoms with Crippen LogP contribution in [-0.2, 0) is 27.7 Å². The Labute approximate surface area is 171 Å². The maximum atomic E-state index is 12.5. The topological polar surface area (TPSA) is 63.7 Å². The minimum atomic E-state index is -3.58. The molecule has 0 radical (unpaired) electrons. The molecule has 0 heterocycles. The zero-order valence-corrected chi connectivity index (χ0v) is 17.2. The summed E-state index contributed by atoms with van der Waals surface area (Å²) in [6.45, 7) is 1.05. The van der Waals surface area contributed by atoms with E-state index in [1.807, 2.05) is 65.6 Å². The number of anilines is 1. The number of esters is 1. The van der Waals surface area contributed by atoms with Crippen molar-refractivity contribution in [3.63, 3.8) is 0 Å². The fraction of sp³-hybridized carbons (Fsp3) is 0.174. The number of carbonyl (C=O) groups is 1. The summed E-state index contributed by atoms with van der Waals surface area (Å²) < 4.78 is 29.8. The SMILES string of the molecule is COC(=O)c1ccc(N(Cc2ccccc2)Cc2ccccc2)c(S(C)(=O)=O)c1. The number of carbonyl (C=O) groups excluding carboxylic acids is 1. The maximum Gasteiger partial charge on any atom is 0.337 e. The molecule has 0 aromatic heterocycles. The molecule has 0 bridgehead atoms. The predicted octanol–water partition coefficient (Wildman–Crippen LogP) is 4.08. The van der Waals surface area contributed by atoms with E-state index in [1.165, 1.54) is 13.2 Å². The number of methoxy groups -OCH3 is 1. The summed E-state index contributed by atoms with van der Waals surface area (Å²) in [5.74, 6) is -0.570. The van der Waals surface area contributed by atoms with Crippen LogP contribution >= 0.6 is 0 Å². The van der Waals surface area contributed by atoms with Gasteiger partial charge in [-0.3, -0.25) is 0 Å². The third-order valence-corrected chi connectivity index (χ3v) is 5.68. The Morgan fingerprint density at radius 1 is 0.862 bits per heavy atom. The van der Waals surface area contributed by atoms with Crippen LogP contribution in [0.3, 0.4) is 0 Å². The molecule has 0 saturated heterocycles. The number of hydrogen-bond donors (Lipinski definition) is 0. The molecule has 0 N–H and O–H groups in total. The van der Waals surface area contributed by atoms with Crippen LogP contribution in [0, 0.1) is 0 Å². The first-order chi connectivity index (χ1) is 13.9. The highest BCUT2D eigenvalue weighted by atomic mass is 32.2. The second-order valence-corrected chi connectivity index (χ2v) is 8.76. The molecule has 0 amide bonds. The monoisotopic (exact) mass is 409 g/mol. The molecule has 0 fully saturated rings. The highest BCUT2D eigenvalue weighted by Crippen LogP contribution is 2.29. The van der Waals surface area contributed by atoms with Crippen LogP contribution in [0.25, 0.3) is 0 Å². The number of ether oxygens (including phenoxy) is 1. The van der Waals surface area contributed by atoms with Gasteiger partial charge in [0.1, 0.15) is 0 Å². The van der Waals surface area contributed by atoms with E-state index in [0.29, 0.717) is 18.8 Å². The van der Waals surface area contributed by atoms with E-state index in [-0.39, 0.29) is 10.5 Å². The largest absolute Gasteiger partial charge is 0.465 e. The van der Waals surface area contributed by atoms with Crippen molar-refractivity contribution < 1.29 is 17.9 Å². The van der Waals surface area contributed by atoms with Gasteiger partial charge in [-0.05, 0) is 29.3 Å². The van der Waals surface area contributed by atoms with Gasteiger partial charge in [0, 0.05) is 19.3 Å². The van der Waals surface area contributed by atoms with E-state index in [4.69, 9.17) is 4.74 Å². The molecule has 0 saturated carbocycles. The van der Waals surface area contributed by atoms with E-state index >= 15 is 0 Å². The molecule has 0 aliphatic rings. The van der Waals surface area contributed by atoms with Crippen molar-refractivity contribution in [3.05, 3.63) is 95.6 Å². The molecule has 6 heteroatoms. The Hall–Kier alpha value is -3.12.